The van der Waals surface area contributed by atoms with Crippen LogP contribution in [-0.2, 0) is 0 Å². The molecule has 18 heavy (non-hydrogen) atoms. The summed E-state index contributed by atoms with van der Waals surface area (Å²) >= 11 is 0. The van der Waals surface area contributed by atoms with Crippen molar-refractivity contribution in [1.82, 2.24) is 0 Å². The van der Waals surface area contributed by atoms with Crippen molar-refractivity contribution in [3.8, 4) is 0 Å². The number of benzene rings is 2. The molecule has 0 aliphatic rings. The zero-order chi connectivity index (χ0) is 12.8. The molecule has 0 aliphatic heterocycles. The molecule has 0 fully saturated rings. The summed E-state index contributed by atoms with van der Waals surface area (Å²) in [5.74, 6) is 0. The van der Waals surface area contributed by atoms with Crippen LogP contribution in [0.15, 0.2) is 60.7 Å². The molecular formula is C17H18O. The van der Waals surface area contributed by atoms with Gasteiger partial charge in [0.1, 0.15) is 0 Å². The first-order valence-corrected chi connectivity index (χ1v) is 6.25. The van der Waals surface area contributed by atoms with Crippen molar-refractivity contribution in [2.24, 2.45) is 0 Å². The molecule has 0 aromatic heterocycles. The van der Waals surface area contributed by atoms with Crippen LogP contribution in [0.3, 0.4) is 0 Å². The van der Waals surface area contributed by atoms with Crippen molar-refractivity contribution in [3.05, 3.63) is 77.4 Å². The molecule has 0 aliphatic carbocycles. The fourth-order valence-corrected chi connectivity index (χ4v) is 2.04. The number of aliphatic hydroxyl groups is 1. The first-order chi connectivity index (χ1) is 8.81. The Labute approximate surface area is 108 Å². The Hall–Kier alpha value is -1.86. The summed E-state index contributed by atoms with van der Waals surface area (Å²) in [6.07, 6.45) is 2.78. The number of rotatable bonds is 4. The lowest BCUT2D eigenvalue weighted by molar-refractivity contribution is 0.303. The molecule has 0 amide bonds. The molecule has 0 heterocycles. The molecule has 1 N–H and O–H groups in total. The first kappa shape index (κ1) is 12.6. The lowest BCUT2D eigenvalue weighted by Crippen LogP contribution is -1.90. The molecule has 2 aromatic carbocycles. The van der Waals surface area contributed by atoms with E-state index < -0.39 is 0 Å². The highest BCUT2D eigenvalue weighted by Gasteiger charge is 2.04. The summed E-state index contributed by atoms with van der Waals surface area (Å²) in [4.78, 5) is 0. The predicted molar refractivity (Wildman–Crippen MR) is 76.4 cm³/mol. The fraction of sp³-hybridized carbons (Fsp3) is 0.176. The standard InChI is InChI=1S/C17H18O/c1-14-7-5-10-16(13-14)17(11-6-12-18)15-8-3-2-4-9-15/h2-5,7-11,13,18H,6,12H2,1H3/b17-11+. The molecular weight excluding hydrogens is 220 g/mol. The van der Waals surface area contributed by atoms with E-state index in [1.807, 2.05) is 18.2 Å². The lowest BCUT2D eigenvalue weighted by atomic mass is 9.96. The summed E-state index contributed by atoms with van der Waals surface area (Å²) in [6.45, 7) is 2.28. The third-order valence-electron chi connectivity index (χ3n) is 2.89. The molecule has 0 bridgehead atoms. The van der Waals surface area contributed by atoms with Gasteiger partial charge in [0, 0.05) is 6.61 Å². The minimum atomic E-state index is 0.183. The van der Waals surface area contributed by atoms with E-state index in [1.54, 1.807) is 0 Å². The van der Waals surface area contributed by atoms with Crippen LogP contribution in [0, 0.1) is 6.92 Å². The highest BCUT2D eigenvalue weighted by molar-refractivity contribution is 5.79. The number of aliphatic hydroxyl groups excluding tert-OH is 1. The van der Waals surface area contributed by atoms with E-state index in [4.69, 9.17) is 5.11 Å². The lowest BCUT2D eigenvalue weighted by Gasteiger charge is -2.09. The van der Waals surface area contributed by atoms with E-state index >= 15 is 0 Å². The molecule has 0 unspecified atom stereocenters. The van der Waals surface area contributed by atoms with Crippen LogP contribution >= 0.6 is 0 Å². The van der Waals surface area contributed by atoms with Crippen LogP contribution in [0.2, 0.25) is 0 Å². The highest BCUT2D eigenvalue weighted by Crippen LogP contribution is 2.24. The predicted octanol–water partition coefficient (Wildman–Crippen LogP) is 3.81. The summed E-state index contributed by atoms with van der Waals surface area (Å²) in [5, 5.41) is 9.02. The summed E-state index contributed by atoms with van der Waals surface area (Å²) in [6, 6.07) is 18.8. The second-order valence-corrected chi connectivity index (χ2v) is 4.37. The van der Waals surface area contributed by atoms with E-state index in [2.05, 4.69) is 49.4 Å². The second-order valence-electron chi connectivity index (χ2n) is 4.37. The maximum absolute atomic E-state index is 9.02. The quantitative estimate of drug-likeness (QED) is 0.858. The molecule has 1 heteroatoms. The maximum Gasteiger partial charge on any atom is 0.0465 e. The Balaban J connectivity index is 2.44. The third-order valence-corrected chi connectivity index (χ3v) is 2.89. The average Bonchev–Trinajstić information content (AvgIpc) is 2.40. The molecule has 0 spiro atoms. The van der Waals surface area contributed by atoms with Gasteiger partial charge in [0.15, 0.2) is 0 Å². The van der Waals surface area contributed by atoms with Crippen molar-refractivity contribution >= 4 is 5.57 Å². The monoisotopic (exact) mass is 238 g/mol. The maximum atomic E-state index is 9.02. The largest absolute Gasteiger partial charge is 0.396 e. The zero-order valence-corrected chi connectivity index (χ0v) is 10.6. The van der Waals surface area contributed by atoms with Crippen molar-refractivity contribution in [2.45, 2.75) is 13.3 Å². The van der Waals surface area contributed by atoms with E-state index in [9.17, 15) is 0 Å². The molecule has 2 aromatic rings. The molecule has 2 rings (SSSR count). The van der Waals surface area contributed by atoms with Gasteiger partial charge in [-0.3, -0.25) is 0 Å². The van der Waals surface area contributed by atoms with Gasteiger partial charge in [-0.05, 0) is 30.0 Å². The average molecular weight is 238 g/mol. The smallest absolute Gasteiger partial charge is 0.0465 e. The Morgan fingerprint density at radius 2 is 1.72 bits per heavy atom. The van der Waals surface area contributed by atoms with E-state index in [0.29, 0.717) is 6.42 Å². The van der Waals surface area contributed by atoms with E-state index in [-0.39, 0.29) is 6.61 Å². The van der Waals surface area contributed by atoms with Crippen LogP contribution in [0.4, 0.5) is 0 Å². The van der Waals surface area contributed by atoms with Gasteiger partial charge in [0.25, 0.3) is 0 Å². The molecule has 0 saturated carbocycles. The first-order valence-electron chi connectivity index (χ1n) is 6.25. The summed E-state index contributed by atoms with van der Waals surface area (Å²) in [5.41, 5.74) is 4.83. The van der Waals surface area contributed by atoms with Gasteiger partial charge in [-0.1, -0.05) is 66.2 Å². The van der Waals surface area contributed by atoms with Gasteiger partial charge in [0.05, 0.1) is 0 Å². The third kappa shape index (κ3) is 3.08. The fourth-order valence-electron chi connectivity index (χ4n) is 2.04. The minimum Gasteiger partial charge on any atom is -0.396 e. The van der Waals surface area contributed by atoms with E-state index in [1.165, 1.54) is 22.3 Å². The number of hydrogen-bond donors (Lipinski definition) is 1. The van der Waals surface area contributed by atoms with Crippen molar-refractivity contribution < 1.29 is 5.11 Å². The van der Waals surface area contributed by atoms with Crippen LogP contribution in [0.1, 0.15) is 23.1 Å². The van der Waals surface area contributed by atoms with Crippen molar-refractivity contribution in [3.63, 3.8) is 0 Å². The molecule has 0 atom stereocenters. The van der Waals surface area contributed by atoms with Gasteiger partial charge in [-0.2, -0.15) is 0 Å². The minimum absolute atomic E-state index is 0.183. The molecule has 0 saturated heterocycles. The van der Waals surface area contributed by atoms with Gasteiger partial charge < -0.3 is 5.11 Å². The van der Waals surface area contributed by atoms with Crippen molar-refractivity contribution in [2.75, 3.05) is 6.61 Å². The van der Waals surface area contributed by atoms with Crippen LogP contribution in [-0.4, -0.2) is 11.7 Å². The van der Waals surface area contributed by atoms with Crippen LogP contribution in [0.5, 0.6) is 0 Å². The Morgan fingerprint density at radius 3 is 2.39 bits per heavy atom. The van der Waals surface area contributed by atoms with Crippen LogP contribution < -0.4 is 0 Å². The molecule has 92 valence electrons. The topological polar surface area (TPSA) is 20.2 Å². The van der Waals surface area contributed by atoms with Crippen LogP contribution in [0.25, 0.3) is 5.57 Å². The molecule has 0 radical (unpaired) electrons. The Morgan fingerprint density at radius 1 is 1.00 bits per heavy atom. The molecule has 1 nitrogen and oxygen atoms in total. The summed E-state index contributed by atoms with van der Waals surface area (Å²) < 4.78 is 0. The Kier molecular flexibility index (Phi) is 4.32. The van der Waals surface area contributed by atoms with Crippen molar-refractivity contribution in [1.29, 1.82) is 0 Å². The normalized spacial score (nSPS) is 11.6. The van der Waals surface area contributed by atoms with Gasteiger partial charge in [-0.15, -0.1) is 0 Å². The van der Waals surface area contributed by atoms with Gasteiger partial charge in [0.2, 0.25) is 0 Å². The number of hydrogen-bond acceptors (Lipinski definition) is 1. The van der Waals surface area contributed by atoms with Gasteiger partial charge >= 0.3 is 0 Å². The SMILES string of the molecule is Cc1cccc(/C(=C/CCO)c2ccccc2)c1. The highest BCUT2D eigenvalue weighted by atomic mass is 16.2. The Bertz CT molecular complexity index is 526. The van der Waals surface area contributed by atoms with E-state index in [0.717, 1.165) is 0 Å². The zero-order valence-electron chi connectivity index (χ0n) is 10.6. The second kappa shape index (κ2) is 6.18. The summed E-state index contributed by atoms with van der Waals surface area (Å²) in [7, 11) is 0. The number of aryl methyl sites for hydroxylation is 1. The van der Waals surface area contributed by atoms with Gasteiger partial charge in [-0.25, -0.2) is 0 Å².